The van der Waals surface area contributed by atoms with E-state index in [0.717, 1.165) is 11.3 Å². The highest BCUT2D eigenvalue weighted by Crippen LogP contribution is 2.25. The maximum atomic E-state index is 12.4. The fraction of sp³-hybridized carbons (Fsp3) is 0.190. The summed E-state index contributed by atoms with van der Waals surface area (Å²) in [5.41, 5.74) is 3.62. The third-order valence-corrected chi connectivity index (χ3v) is 4.78. The van der Waals surface area contributed by atoms with E-state index in [1.54, 1.807) is 31.2 Å². The number of thiazole rings is 1. The number of carbonyl (C=O) groups excluding carboxylic acids is 2. The van der Waals surface area contributed by atoms with Gasteiger partial charge in [0.15, 0.2) is 17.0 Å². The summed E-state index contributed by atoms with van der Waals surface area (Å²) in [6.07, 6.45) is -0.695. The van der Waals surface area contributed by atoms with Crippen LogP contribution < -0.4 is 10.1 Å². The molecule has 6 heteroatoms. The van der Waals surface area contributed by atoms with Gasteiger partial charge in [-0.1, -0.05) is 29.8 Å². The number of Topliss-reactive ketones (excluding diaryl/α,β-unsaturated/α-hetero) is 1. The number of nitrogens with zero attached hydrogens (tertiary/aromatic N) is 1. The molecule has 3 rings (SSSR count). The molecule has 27 heavy (non-hydrogen) atoms. The van der Waals surface area contributed by atoms with Crippen LogP contribution in [0, 0.1) is 6.92 Å². The number of hydrogen-bond donors (Lipinski definition) is 1. The van der Waals surface area contributed by atoms with Crippen molar-refractivity contribution in [3.8, 4) is 17.0 Å². The fourth-order valence-electron chi connectivity index (χ4n) is 2.42. The van der Waals surface area contributed by atoms with Gasteiger partial charge >= 0.3 is 0 Å². The fourth-order valence-corrected chi connectivity index (χ4v) is 3.14. The molecule has 0 saturated carbocycles. The van der Waals surface area contributed by atoms with Crippen molar-refractivity contribution in [3.63, 3.8) is 0 Å². The molecule has 1 heterocycles. The van der Waals surface area contributed by atoms with Crippen LogP contribution in [0.2, 0.25) is 0 Å². The predicted molar refractivity (Wildman–Crippen MR) is 107 cm³/mol. The molecule has 3 aromatic rings. The molecule has 1 N–H and O–H groups in total. The summed E-state index contributed by atoms with van der Waals surface area (Å²) < 4.78 is 5.64. The first-order chi connectivity index (χ1) is 12.9. The van der Waals surface area contributed by atoms with Crippen molar-refractivity contribution in [1.82, 2.24) is 4.98 Å². The molecule has 2 aromatic carbocycles. The molecule has 0 spiro atoms. The van der Waals surface area contributed by atoms with Gasteiger partial charge in [0.05, 0.1) is 5.69 Å². The van der Waals surface area contributed by atoms with Crippen molar-refractivity contribution in [2.24, 2.45) is 0 Å². The number of aromatic nitrogens is 1. The summed E-state index contributed by atoms with van der Waals surface area (Å²) in [5, 5.41) is 5.22. The minimum Gasteiger partial charge on any atom is -0.481 e. The van der Waals surface area contributed by atoms with E-state index in [4.69, 9.17) is 4.74 Å². The van der Waals surface area contributed by atoms with Crippen molar-refractivity contribution in [1.29, 1.82) is 0 Å². The van der Waals surface area contributed by atoms with Crippen LogP contribution in [0.3, 0.4) is 0 Å². The van der Waals surface area contributed by atoms with Crippen molar-refractivity contribution < 1.29 is 14.3 Å². The van der Waals surface area contributed by atoms with E-state index >= 15 is 0 Å². The Bertz CT molecular complexity index is 946. The highest BCUT2D eigenvalue weighted by molar-refractivity contribution is 7.14. The van der Waals surface area contributed by atoms with Gasteiger partial charge in [-0.05, 0) is 45.0 Å². The van der Waals surface area contributed by atoms with Crippen molar-refractivity contribution >= 4 is 28.2 Å². The van der Waals surface area contributed by atoms with Crippen LogP contribution in [0.1, 0.15) is 29.8 Å². The molecule has 1 aromatic heterocycles. The smallest absolute Gasteiger partial charge is 0.266 e. The van der Waals surface area contributed by atoms with E-state index in [1.807, 2.05) is 36.6 Å². The van der Waals surface area contributed by atoms with Gasteiger partial charge in [-0.15, -0.1) is 11.3 Å². The second-order valence-electron chi connectivity index (χ2n) is 6.23. The SMILES string of the molecule is CC(=O)c1ccc(OC(C)C(=O)Nc2nc(-c3ccc(C)cc3)cs2)cc1. The number of anilines is 1. The third kappa shape index (κ3) is 4.80. The van der Waals surface area contributed by atoms with Gasteiger partial charge in [0.25, 0.3) is 5.91 Å². The number of rotatable bonds is 6. The number of aryl methyl sites for hydroxylation is 1. The normalized spacial score (nSPS) is 11.7. The number of ether oxygens (including phenoxy) is 1. The lowest BCUT2D eigenvalue weighted by molar-refractivity contribution is -0.122. The predicted octanol–water partition coefficient (Wildman–Crippen LogP) is 4.73. The molecule has 0 aliphatic carbocycles. The Balaban J connectivity index is 1.61. The van der Waals surface area contributed by atoms with Gasteiger partial charge in [0, 0.05) is 16.5 Å². The van der Waals surface area contributed by atoms with E-state index in [-0.39, 0.29) is 11.7 Å². The molecule has 1 amide bonds. The molecule has 138 valence electrons. The van der Waals surface area contributed by atoms with Crippen molar-refractivity contribution in [2.45, 2.75) is 26.9 Å². The van der Waals surface area contributed by atoms with E-state index in [1.165, 1.54) is 23.8 Å². The first kappa shape index (κ1) is 18.8. The topological polar surface area (TPSA) is 68.3 Å². The van der Waals surface area contributed by atoms with Gasteiger partial charge in [0.1, 0.15) is 5.75 Å². The summed E-state index contributed by atoms with van der Waals surface area (Å²) in [5.74, 6) is 0.234. The molecule has 0 aliphatic rings. The van der Waals surface area contributed by atoms with Crippen LogP contribution in [0.4, 0.5) is 5.13 Å². The van der Waals surface area contributed by atoms with Gasteiger partial charge < -0.3 is 4.74 Å². The Hall–Kier alpha value is -2.99. The highest BCUT2D eigenvalue weighted by Gasteiger charge is 2.17. The highest BCUT2D eigenvalue weighted by atomic mass is 32.1. The van der Waals surface area contributed by atoms with Crippen LogP contribution in [0.15, 0.2) is 53.9 Å². The van der Waals surface area contributed by atoms with Crippen LogP contribution in [0.5, 0.6) is 5.75 Å². The van der Waals surface area contributed by atoms with E-state index in [9.17, 15) is 9.59 Å². The average molecular weight is 380 g/mol. The number of carbonyl (C=O) groups is 2. The molecule has 0 aliphatic heterocycles. The van der Waals surface area contributed by atoms with Crippen LogP contribution >= 0.6 is 11.3 Å². The zero-order chi connectivity index (χ0) is 19.4. The maximum absolute atomic E-state index is 12.4. The lowest BCUT2D eigenvalue weighted by Gasteiger charge is -2.13. The number of ketones is 1. The zero-order valence-corrected chi connectivity index (χ0v) is 16.2. The molecule has 0 bridgehead atoms. The average Bonchev–Trinajstić information content (AvgIpc) is 3.11. The molecule has 0 radical (unpaired) electrons. The van der Waals surface area contributed by atoms with E-state index in [2.05, 4.69) is 10.3 Å². The number of benzene rings is 2. The van der Waals surface area contributed by atoms with E-state index < -0.39 is 6.10 Å². The molecule has 1 unspecified atom stereocenters. The maximum Gasteiger partial charge on any atom is 0.266 e. The lowest BCUT2D eigenvalue weighted by Crippen LogP contribution is -2.30. The standard InChI is InChI=1S/C21H20N2O3S/c1-13-4-6-17(7-5-13)19-12-27-21(22-19)23-20(25)15(3)26-18-10-8-16(9-11-18)14(2)24/h4-12,15H,1-3H3,(H,22,23,25). The van der Waals surface area contributed by atoms with Gasteiger partial charge in [-0.2, -0.15) is 0 Å². The summed E-state index contributed by atoms with van der Waals surface area (Å²) in [6, 6.07) is 14.8. The largest absolute Gasteiger partial charge is 0.481 e. The summed E-state index contributed by atoms with van der Waals surface area (Å²) in [7, 11) is 0. The van der Waals surface area contributed by atoms with Gasteiger partial charge in [0.2, 0.25) is 0 Å². The molecule has 0 saturated heterocycles. The first-order valence-corrected chi connectivity index (χ1v) is 9.41. The van der Waals surface area contributed by atoms with Crippen LogP contribution in [-0.4, -0.2) is 22.8 Å². The number of nitrogens with one attached hydrogen (secondary N) is 1. The number of hydrogen-bond acceptors (Lipinski definition) is 5. The van der Waals surface area contributed by atoms with E-state index in [0.29, 0.717) is 16.4 Å². The first-order valence-electron chi connectivity index (χ1n) is 8.53. The van der Waals surface area contributed by atoms with Crippen LogP contribution in [-0.2, 0) is 4.79 Å². The second kappa shape index (κ2) is 8.14. The summed E-state index contributed by atoms with van der Waals surface area (Å²) in [4.78, 5) is 28.1. The Labute approximate surface area is 162 Å². The summed E-state index contributed by atoms with van der Waals surface area (Å²) in [6.45, 7) is 5.21. The third-order valence-electron chi connectivity index (χ3n) is 4.02. The molecule has 5 nitrogen and oxygen atoms in total. The molecular formula is C21H20N2O3S. The minimum absolute atomic E-state index is 0.0134. The summed E-state index contributed by atoms with van der Waals surface area (Å²) >= 11 is 1.37. The van der Waals surface area contributed by atoms with Gasteiger partial charge in [-0.25, -0.2) is 4.98 Å². The quantitative estimate of drug-likeness (QED) is 0.628. The monoisotopic (exact) mass is 380 g/mol. The Kier molecular flexibility index (Phi) is 5.66. The molecule has 1 atom stereocenters. The molecular weight excluding hydrogens is 360 g/mol. The van der Waals surface area contributed by atoms with Gasteiger partial charge in [-0.3, -0.25) is 14.9 Å². The Morgan fingerprint density at radius 2 is 1.74 bits per heavy atom. The van der Waals surface area contributed by atoms with Crippen LogP contribution in [0.25, 0.3) is 11.3 Å². The second-order valence-corrected chi connectivity index (χ2v) is 7.09. The Morgan fingerprint density at radius 3 is 2.37 bits per heavy atom. The van der Waals surface area contributed by atoms with Crippen molar-refractivity contribution in [3.05, 3.63) is 65.0 Å². The zero-order valence-electron chi connectivity index (χ0n) is 15.4. The van der Waals surface area contributed by atoms with Crippen molar-refractivity contribution in [2.75, 3.05) is 5.32 Å². The number of amides is 1. The lowest BCUT2D eigenvalue weighted by atomic mass is 10.1. The minimum atomic E-state index is -0.695. The Morgan fingerprint density at radius 1 is 1.07 bits per heavy atom. The molecule has 0 fully saturated rings.